The van der Waals surface area contributed by atoms with Crippen LogP contribution in [0.25, 0.3) is 11.0 Å². The fourth-order valence-electron chi connectivity index (χ4n) is 4.13. The molecule has 160 valence electrons. The third kappa shape index (κ3) is 3.50. The largest absolute Gasteiger partial charge is 0.423 e. The number of halogens is 1. The highest BCUT2D eigenvalue weighted by atomic mass is 19.1. The molecule has 4 rings (SSSR count). The number of nitrogens with one attached hydrogen (secondary N) is 1. The molecule has 1 aliphatic rings. The summed E-state index contributed by atoms with van der Waals surface area (Å²) in [6, 6.07) is 9.94. The first-order valence-electron chi connectivity index (χ1n) is 10.1. The smallest absolute Gasteiger partial charge is 0.336 e. The molecular formula is C24H23FN2O4. The molecule has 7 heteroatoms. The van der Waals surface area contributed by atoms with Gasteiger partial charge < -0.3 is 9.73 Å². The summed E-state index contributed by atoms with van der Waals surface area (Å²) >= 11 is 0. The molecular weight excluding hydrogens is 399 g/mol. The van der Waals surface area contributed by atoms with E-state index in [0.29, 0.717) is 22.1 Å². The van der Waals surface area contributed by atoms with E-state index in [1.165, 1.54) is 30.3 Å². The molecule has 0 saturated carbocycles. The van der Waals surface area contributed by atoms with E-state index in [4.69, 9.17) is 4.42 Å². The van der Waals surface area contributed by atoms with E-state index in [1.54, 1.807) is 6.92 Å². The number of carbonyl (C=O) groups excluding carboxylic acids is 2. The number of imide groups is 1. The Kier molecular flexibility index (Phi) is 4.92. The number of fused-ring (bicyclic) bond motifs is 1. The molecule has 0 aliphatic carbocycles. The molecule has 3 amide bonds. The third-order valence-corrected chi connectivity index (χ3v) is 5.86. The number of nitrogens with zero attached hydrogens (tertiary/aromatic N) is 1. The maximum absolute atomic E-state index is 13.3. The molecule has 1 fully saturated rings. The molecule has 0 radical (unpaired) electrons. The van der Waals surface area contributed by atoms with Gasteiger partial charge in [0, 0.05) is 11.5 Å². The summed E-state index contributed by atoms with van der Waals surface area (Å²) in [7, 11) is 0. The summed E-state index contributed by atoms with van der Waals surface area (Å²) in [5.41, 5.74) is 1.65. The van der Waals surface area contributed by atoms with Crippen LogP contribution in [0.1, 0.15) is 48.9 Å². The summed E-state index contributed by atoms with van der Waals surface area (Å²) in [6.07, 6.45) is 0. The molecule has 31 heavy (non-hydrogen) atoms. The van der Waals surface area contributed by atoms with Crippen LogP contribution in [0.5, 0.6) is 0 Å². The molecule has 1 aromatic heterocycles. The van der Waals surface area contributed by atoms with Gasteiger partial charge >= 0.3 is 11.7 Å². The molecule has 1 unspecified atom stereocenters. The predicted octanol–water partition coefficient (Wildman–Crippen LogP) is 4.33. The van der Waals surface area contributed by atoms with Crippen molar-refractivity contribution in [3.63, 3.8) is 0 Å². The van der Waals surface area contributed by atoms with Crippen molar-refractivity contribution >= 4 is 22.9 Å². The molecule has 0 bridgehead atoms. The summed E-state index contributed by atoms with van der Waals surface area (Å²) in [5, 5.41) is 3.39. The third-order valence-electron chi connectivity index (χ3n) is 5.86. The summed E-state index contributed by atoms with van der Waals surface area (Å²) in [5.74, 6) is -0.649. The van der Waals surface area contributed by atoms with E-state index >= 15 is 0 Å². The molecule has 1 N–H and O–H groups in total. The van der Waals surface area contributed by atoms with Crippen molar-refractivity contribution in [2.75, 3.05) is 0 Å². The molecule has 0 spiro atoms. The van der Waals surface area contributed by atoms with Crippen LogP contribution in [-0.4, -0.2) is 16.8 Å². The monoisotopic (exact) mass is 422 g/mol. The van der Waals surface area contributed by atoms with Gasteiger partial charge in [0.15, 0.2) is 0 Å². The highest BCUT2D eigenvalue weighted by Crippen LogP contribution is 2.32. The molecule has 1 atom stereocenters. The minimum absolute atomic E-state index is 0.0792. The Hall–Kier alpha value is -3.48. The average Bonchev–Trinajstić information content (AvgIpc) is 2.91. The Balaban J connectivity index is 1.76. The van der Waals surface area contributed by atoms with Crippen molar-refractivity contribution < 1.29 is 18.4 Å². The van der Waals surface area contributed by atoms with Crippen LogP contribution < -0.4 is 10.9 Å². The molecule has 1 aliphatic heterocycles. The van der Waals surface area contributed by atoms with E-state index < -0.39 is 28.9 Å². The second-order valence-corrected chi connectivity index (χ2v) is 8.40. The van der Waals surface area contributed by atoms with E-state index in [0.717, 1.165) is 16.0 Å². The maximum atomic E-state index is 13.3. The minimum Gasteiger partial charge on any atom is -0.423 e. The van der Waals surface area contributed by atoms with Crippen molar-refractivity contribution in [3.05, 3.63) is 81.0 Å². The lowest BCUT2D eigenvalue weighted by Gasteiger charge is -2.22. The Morgan fingerprint density at radius 1 is 1.10 bits per heavy atom. The van der Waals surface area contributed by atoms with Gasteiger partial charge in [-0.05, 0) is 66.3 Å². The van der Waals surface area contributed by atoms with Gasteiger partial charge in [0.05, 0.1) is 6.54 Å². The Bertz CT molecular complexity index is 1260. The van der Waals surface area contributed by atoms with Crippen LogP contribution in [0.3, 0.4) is 0 Å². The van der Waals surface area contributed by atoms with Crippen molar-refractivity contribution in [2.45, 2.75) is 45.7 Å². The number of amides is 3. The van der Waals surface area contributed by atoms with Crippen LogP contribution in [0.2, 0.25) is 0 Å². The first kappa shape index (κ1) is 20.8. The lowest BCUT2D eigenvalue weighted by Crippen LogP contribution is -2.40. The zero-order valence-electron chi connectivity index (χ0n) is 17.8. The Morgan fingerprint density at radius 3 is 2.42 bits per heavy atom. The highest BCUT2D eigenvalue weighted by Gasteiger charge is 2.49. The Morgan fingerprint density at radius 2 is 1.77 bits per heavy atom. The number of rotatable bonds is 4. The number of benzene rings is 2. The zero-order chi connectivity index (χ0) is 22.5. The van der Waals surface area contributed by atoms with Gasteiger partial charge in [-0.15, -0.1) is 0 Å². The molecule has 1 saturated heterocycles. The minimum atomic E-state index is -1.32. The van der Waals surface area contributed by atoms with E-state index in [1.807, 2.05) is 19.1 Å². The van der Waals surface area contributed by atoms with Crippen LogP contribution in [0.4, 0.5) is 9.18 Å². The van der Waals surface area contributed by atoms with Crippen LogP contribution >= 0.6 is 0 Å². The van der Waals surface area contributed by atoms with Gasteiger partial charge in [-0.1, -0.05) is 26.0 Å². The second-order valence-electron chi connectivity index (χ2n) is 8.40. The first-order valence-corrected chi connectivity index (χ1v) is 10.1. The first-order chi connectivity index (χ1) is 14.6. The SMILES string of the molecule is Cc1cc2oc(=O)cc(CN3C(=O)NC(C)(c4ccc(F)cc4)C3=O)c2cc1C(C)C. The summed E-state index contributed by atoms with van der Waals surface area (Å²) < 4.78 is 18.7. The van der Waals surface area contributed by atoms with Gasteiger partial charge in [0.2, 0.25) is 0 Å². The standard InChI is InChI=1S/C24H23FN2O4/c1-13(2)18-11-19-15(10-21(28)31-20(19)9-14(18)3)12-27-22(29)24(4,26-23(27)30)16-5-7-17(25)8-6-16/h5-11,13H,12H2,1-4H3,(H,26,30). The second kappa shape index (κ2) is 7.34. The number of hydrogen-bond donors (Lipinski definition) is 1. The van der Waals surface area contributed by atoms with E-state index in [2.05, 4.69) is 19.2 Å². The topological polar surface area (TPSA) is 79.6 Å². The van der Waals surface area contributed by atoms with Crippen molar-refractivity contribution in [1.82, 2.24) is 10.2 Å². The summed E-state index contributed by atoms with van der Waals surface area (Å²) in [4.78, 5) is 39.2. The number of aryl methyl sites for hydroxylation is 1. The maximum Gasteiger partial charge on any atom is 0.336 e. The zero-order valence-corrected chi connectivity index (χ0v) is 17.8. The van der Waals surface area contributed by atoms with Crippen molar-refractivity contribution in [3.8, 4) is 0 Å². The van der Waals surface area contributed by atoms with Gasteiger partial charge in [0.1, 0.15) is 16.9 Å². The highest BCUT2D eigenvalue weighted by molar-refractivity contribution is 6.07. The predicted molar refractivity (Wildman–Crippen MR) is 114 cm³/mol. The normalized spacial score (nSPS) is 18.8. The van der Waals surface area contributed by atoms with Gasteiger partial charge in [-0.3, -0.25) is 9.69 Å². The molecule has 3 aromatic rings. The van der Waals surface area contributed by atoms with Crippen molar-refractivity contribution in [2.24, 2.45) is 0 Å². The number of carbonyl (C=O) groups is 2. The lowest BCUT2D eigenvalue weighted by molar-refractivity contribution is -0.131. The van der Waals surface area contributed by atoms with E-state index in [-0.39, 0.29) is 12.5 Å². The van der Waals surface area contributed by atoms with Crippen molar-refractivity contribution in [1.29, 1.82) is 0 Å². The molecule has 2 heterocycles. The van der Waals surface area contributed by atoms with E-state index in [9.17, 15) is 18.8 Å². The quantitative estimate of drug-likeness (QED) is 0.501. The van der Waals surface area contributed by atoms with Gasteiger partial charge in [0.25, 0.3) is 5.91 Å². The lowest BCUT2D eigenvalue weighted by atomic mass is 9.92. The summed E-state index contributed by atoms with van der Waals surface area (Å²) in [6.45, 7) is 7.59. The van der Waals surface area contributed by atoms with Gasteiger partial charge in [-0.25, -0.2) is 14.0 Å². The van der Waals surface area contributed by atoms with Crippen LogP contribution in [-0.2, 0) is 16.9 Å². The average molecular weight is 422 g/mol. The number of hydrogen-bond acceptors (Lipinski definition) is 4. The fraction of sp³-hybridized carbons (Fsp3) is 0.292. The van der Waals surface area contributed by atoms with Crippen LogP contribution in [0.15, 0.2) is 51.7 Å². The van der Waals surface area contributed by atoms with Gasteiger partial charge in [-0.2, -0.15) is 0 Å². The number of urea groups is 1. The molecule has 2 aromatic carbocycles. The Labute approximate surface area is 178 Å². The fourth-order valence-corrected chi connectivity index (χ4v) is 4.13. The van der Waals surface area contributed by atoms with Crippen LogP contribution in [0, 0.1) is 12.7 Å². The molecule has 6 nitrogen and oxygen atoms in total.